The summed E-state index contributed by atoms with van der Waals surface area (Å²) in [6.45, 7) is 3.82. The number of anilines is 1. The maximum atomic E-state index is 15.6. The second-order valence-corrected chi connectivity index (χ2v) is 13.5. The lowest BCUT2D eigenvalue weighted by Gasteiger charge is -2.42. The summed E-state index contributed by atoms with van der Waals surface area (Å²) in [6.07, 6.45) is 7.52. The van der Waals surface area contributed by atoms with Gasteiger partial charge < -0.3 is 15.5 Å². The van der Waals surface area contributed by atoms with Crippen molar-refractivity contribution in [1.82, 2.24) is 20.0 Å². The molecule has 2 N–H and O–H groups in total. The average Bonchev–Trinajstić information content (AvgIpc) is 3.76. The van der Waals surface area contributed by atoms with Gasteiger partial charge in [-0.05, 0) is 68.2 Å². The van der Waals surface area contributed by atoms with E-state index in [-0.39, 0.29) is 48.4 Å². The molecule has 0 bridgehead atoms. The SMILES string of the molecule is CCn1nccc1C(=O)N[C@H](C(=O)Nc1ccc([C@H](C)C(=O)N2CCC[C@@H]2C(F)(F)F)cc1F)C(C1CCCCC1)C1CCCCC1. The molecule has 1 aromatic carbocycles. The van der Waals surface area contributed by atoms with E-state index in [1.807, 2.05) is 6.92 Å². The van der Waals surface area contributed by atoms with Crippen LogP contribution in [0.3, 0.4) is 0 Å². The van der Waals surface area contributed by atoms with Gasteiger partial charge in [0.2, 0.25) is 11.8 Å². The lowest BCUT2D eigenvalue weighted by molar-refractivity contribution is -0.183. The van der Waals surface area contributed by atoms with Crippen LogP contribution in [0.5, 0.6) is 0 Å². The summed E-state index contributed by atoms with van der Waals surface area (Å²) in [5, 5.41) is 9.99. The van der Waals surface area contributed by atoms with Gasteiger partial charge in [0.25, 0.3) is 5.91 Å². The molecule has 2 saturated carbocycles. The number of halogens is 4. The Kier molecular flexibility index (Phi) is 11.3. The van der Waals surface area contributed by atoms with Gasteiger partial charge in [0.1, 0.15) is 23.6 Å². The summed E-state index contributed by atoms with van der Waals surface area (Å²) < 4.78 is 57.7. The maximum absolute atomic E-state index is 15.6. The van der Waals surface area contributed by atoms with Crippen molar-refractivity contribution in [2.45, 2.75) is 122 Å². The van der Waals surface area contributed by atoms with Crippen LogP contribution >= 0.6 is 0 Å². The summed E-state index contributed by atoms with van der Waals surface area (Å²) in [5.41, 5.74) is 0.450. The number of benzene rings is 1. The fraction of sp³-hybridized carbons (Fsp3) is 0.657. The van der Waals surface area contributed by atoms with Gasteiger partial charge >= 0.3 is 6.18 Å². The van der Waals surface area contributed by atoms with Gasteiger partial charge in [0.15, 0.2) is 0 Å². The minimum absolute atomic E-state index is 0.000714. The number of carbonyl (C=O) groups is 3. The molecule has 2 heterocycles. The van der Waals surface area contributed by atoms with Crippen molar-refractivity contribution in [2.24, 2.45) is 17.8 Å². The molecule has 0 unspecified atom stereocenters. The predicted molar refractivity (Wildman–Crippen MR) is 170 cm³/mol. The second-order valence-electron chi connectivity index (χ2n) is 13.5. The molecule has 0 spiro atoms. The number of aryl methyl sites for hydroxylation is 1. The van der Waals surface area contributed by atoms with E-state index in [1.165, 1.54) is 19.1 Å². The fourth-order valence-corrected chi connectivity index (χ4v) is 8.17. The predicted octanol–water partition coefficient (Wildman–Crippen LogP) is 7.21. The van der Waals surface area contributed by atoms with Gasteiger partial charge in [-0.1, -0.05) is 70.3 Å². The first-order valence-corrected chi connectivity index (χ1v) is 17.3. The number of amides is 3. The van der Waals surface area contributed by atoms with Gasteiger partial charge in [-0.3, -0.25) is 19.1 Å². The molecule has 8 nitrogen and oxygen atoms in total. The van der Waals surface area contributed by atoms with Crippen LogP contribution in [0, 0.1) is 23.6 Å². The van der Waals surface area contributed by atoms with Gasteiger partial charge in [-0.2, -0.15) is 18.3 Å². The smallest absolute Gasteiger partial charge is 0.339 e. The molecule has 1 aromatic heterocycles. The van der Waals surface area contributed by atoms with E-state index in [0.29, 0.717) is 12.2 Å². The van der Waals surface area contributed by atoms with E-state index >= 15 is 4.39 Å². The Morgan fingerprint density at radius 1 is 0.936 bits per heavy atom. The Hall–Kier alpha value is -3.44. The van der Waals surface area contributed by atoms with Crippen LogP contribution in [0.15, 0.2) is 30.5 Å². The van der Waals surface area contributed by atoms with E-state index in [9.17, 15) is 27.6 Å². The van der Waals surface area contributed by atoms with Gasteiger partial charge in [-0.25, -0.2) is 4.39 Å². The first kappa shape index (κ1) is 34.9. The van der Waals surface area contributed by atoms with Gasteiger partial charge in [0.05, 0.1) is 11.6 Å². The third-order valence-electron chi connectivity index (χ3n) is 10.6. The molecule has 3 amide bonds. The molecule has 3 fully saturated rings. The highest BCUT2D eigenvalue weighted by Crippen LogP contribution is 2.42. The Labute approximate surface area is 274 Å². The molecular formula is C35H47F4N5O3. The Morgan fingerprint density at radius 3 is 2.15 bits per heavy atom. The molecule has 0 radical (unpaired) electrons. The summed E-state index contributed by atoms with van der Waals surface area (Å²) in [7, 11) is 0. The molecule has 3 atom stereocenters. The first-order chi connectivity index (χ1) is 22.5. The zero-order chi connectivity index (χ0) is 33.7. The number of carbonyl (C=O) groups excluding carboxylic acids is 3. The van der Waals surface area contributed by atoms with Crippen LogP contribution in [0.25, 0.3) is 0 Å². The number of hydrogen-bond acceptors (Lipinski definition) is 4. The van der Waals surface area contributed by atoms with Crippen molar-refractivity contribution in [3.05, 3.63) is 47.5 Å². The van der Waals surface area contributed by atoms with Gasteiger partial charge in [-0.15, -0.1) is 0 Å². The Balaban J connectivity index is 1.39. The number of nitrogens with zero attached hydrogens (tertiary/aromatic N) is 3. The normalized spacial score (nSPS) is 21.1. The number of likely N-dealkylation sites (tertiary alicyclic amines) is 1. The topological polar surface area (TPSA) is 96.3 Å². The van der Waals surface area contributed by atoms with Crippen LogP contribution in [0.2, 0.25) is 0 Å². The Bertz CT molecular complexity index is 1380. The number of nitrogens with one attached hydrogen (secondary N) is 2. The van der Waals surface area contributed by atoms with Crippen molar-refractivity contribution in [1.29, 1.82) is 0 Å². The van der Waals surface area contributed by atoms with E-state index in [4.69, 9.17) is 0 Å². The van der Waals surface area contributed by atoms with E-state index < -0.39 is 47.7 Å². The maximum Gasteiger partial charge on any atom is 0.408 e. The van der Waals surface area contributed by atoms with E-state index in [1.54, 1.807) is 16.9 Å². The number of aromatic nitrogens is 2. The zero-order valence-corrected chi connectivity index (χ0v) is 27.3. The summed E-state index contributed by atoms with van der Waals surface area (Å²) >= 11 is 0. The molecular weight excluding hydrogens is 614 g/mol. The minimum Gasteiger partial charge on any atom is -0.339 e. The standard InChI is InChI=1S/C35H47F4N5O3/c1-3-44-28(18-19-40-44)32(45)42-31(30(23-11-6-4-7-12-23)24-13-8-5-9-14-24)33(46)41-27-17-16-25(21-26(27)36)22(2)34(47)43-20-10-15-29(43)35(37,38)39/h16-19,21-24,29-31H,3-15,20H2,1-2H3,(H,41,46)(H,42,45)/t22-,29+,31-/m0/s1. The van der Waals surface area contributed by atoms with Crippen molar-refractivity contribution in [2.75, 3.05) is 11.9 Å². The molecule has 47 heavy (non-hydrogen) atoms. The molecule has 1 aliphatic heterocycles. The lowest BCUT2D eigenvalue weighted by Crippen LogP contribution is -2.53. The third kappa shape index (κ3) is 8.00. The quantitative estimate of drug-likeness (QED) is 0.263. The third-order valence-corrected chi connectivity index (χ3v) is 10.6. The Morgan fingerprint density at radius 2 is 1.57 bits per heavy atom. The highest BCUT2D eigenvalue weighted by molar-refractivity contribution is 6.01. The molecule has 5 rings (SSSR count). The van der Waals surface area contributed by atoms with Crippen molar-refractivity contribution >= 4 is 23.4 Å². The first-order valence-electron chi connectivity index (χ1n) is 17.3. The van der Waals surface area contributed by atoms with Crippen molar-refractivity contribution < 1.29 is 31.9 Å². The molecule has 3 aliphatic rings. The van der Waals surface area contributed by atoms with Gasteiger partial charge in [0, 0.05) is 19.3 Å². The molecule has 1 saturated heterocycles. The lowest BCUT2D eigenvalue weighted by atomic mass is 9.66. The monoisotopic (exact) mass is 661 g/mol. The highest BCUT2D eigenvalue weighted by atomic mass is 19.4. The summed E-state index contributed by atoms with van der Waals surface area (Å²) in [6, 6.07) is 2.77. The van der Waals surface area contributed by atoms with Crippen LogP contribution in [-0.2, 0) is 16.1 Å². The summed E-state index contributed by atoms with van der Waals surface area (Å²) in [5.74, 6) is -3.09. The van der Waals surface area contributed by atoms with Crippen LogP contribution < -0.4 is 10.6 Å². The molecule has 2 aromatic rings. The number of rotatable bonds is 10. The second kappa shape index (κ2) is 15.2. The molecule has 12 heteroatoms. The minimum atomic E-state index is -4.53. The van der Waals surface area contributed by atoms with Crippen molar-refractivity contribution in [3.63, 3.8) is 0 Å². The average molecular weight is 662 g/mol. The van der Waals surface area contributed by atoms with E-state index in [2.05, 4.69) is 15.7 Å². The van der Waals surface area contributed by atoms with Crippen molar-refractivity contribution in [3.8, 4) is 0 Å². The molecule has 2 aliphatic carbocycles. The van der Waals surface area contributed by atoms with Crippen LogP contribution in [-0.4, -0.2) is 57.2 Å². The van der Waals surface area contributed by atoms with Crippen LogP contribution in [0.4, 0.5) is 23.2 Å². The number of hydrogen-bond donors (Lipinski definition) is 2. The fourth-order valence-electron chi connectivity index (χ4n) is 8.17. The van der Waals surface area contributed by atoms with E-state index in [0.717, 1.165) is 75.2 Å². The van der Waals surface area contributed by atoms with Crippen LogP contribution in [0.1, 0.15) is 113 Å². The highest BCUT2D eigenvalue weighted by Gasteiger charge is 2.48. The zero-order valence-electron chi connectivity index (χ0n) is 27.3. The number of alkyl halides is 3. The summed E-state index contributed by atoms with van der Waals surface area (Å²) in [4.78, 5) is 41.7. The molecule has 258 valence electrons. The largest absolute Gasteiger partial charge is 0.408 e.